The van der Waals surface area contributed by atoms with Crippen molar-refractivity contribution >= 4 is 45.2 Å². The van der Waals surface area contributed by atoms with Crippen LogP contribution >= 0.6 is 0 Å². The molecular formula is C35H40N4O4. The zero-order valence-electron chi connectivity index (χ0n) is 26.1. The van der Waals surface area contributed by atoms with E-state index in [0.717, 1.165) is 78.2 Å². The van der Waals surface area contributed by atoms with Gasteiger partial charge in [0.05, 0.1) is 31.3 Å². The van der Waals surface area contributed by atoms with Crippen LogP contribution in [0.1, 0.15) is 90.5 Å². The van der Waals surface area contributed by atoms with Crippen LogP contribution in [-0.4, -0.2) is 46.1 Å². The van der Waals surface area contributed by atoms with Gasteiger partial charge in [-0.25, -0.2) is 4.98 Å². The van der Waals surface area contributed by atoms with Crippen LogP contribution in [0.5, 0.6) is 0 Å². The summed E-state index contributed by atoms with van der Waals surface area (Å²) in [5.41, 5.74) is 13.8. The lowest BCUT2D eigenvalue weighted by molar-refractivity contribution is -0.141. The van der Waals surface area contributed by atoms with Crippen molar-refractivity contribution in [3.8, 4) is 0 Å². The second-order valence-corrected chi connectivity index (χ2v) is 11.5. The highest BCUT2D eigenvalue weighted by Crippen LogP contribution is 2.39. The van der Waals surface area contributed by atoms with E-state index in [2.05, 4.69) is 75.4 Å². The largest absolute Gasteiger partial charge is 0.469 e. The van der Waals surface area contributed by atoms with Crippen LogP contribution in [0.25, 0.3) is 33.2 Å². The van der Waals surface area contributed by atoms with Crippen molar-refractivity contribution in [2.24, 2.45) is 0 Å². The average molecular weight is 581 g/mol. The SMILES string of the molecule is C=CC1c2cc3[nH]c(cc4[nH]c(cc5nc(cc(n2)C1C)C(C)=C5C)c(C)c4CCC(=O)OC)c(CCC(=O)OC)c3C. The number of fused-ring (bicyclic) bond motifs is 8. The lowest BCUT2D eigenvalue weighted by Gasteiger charge is -2.10. The van der Waals surface area contributed by atoms with E-state index in [-0.39, 0.29) is 36.6 Å². The van der Waals surface area contributed by atoms with E-state index in [1.165, 1.54) is 14.2 Å². The molecule has 0 aliphatic carbocycles. The first kappa shape index (κ1) is 30.0. The number of carbonyl (C=O) groups excluding carboxylic acids is 2. The van der Waals surface area contributed by atoms with Crippen LogP contribution in [0.15, 0.2) is 36.9 Å². The van der Waals surface area contributed by atoms with Gasteiger partial charge in [-0.1, -0.05) is 13.0 Å². The van der Waals surface area contributed by atoms with Gasteiger partial charge in [-0.05, 0) is 98.2 Å². The summed E-state index contributed by atoms with van der Waals surface area (Å²) in [5.74, 6) is -0.320. The van der Waals surface area contributed by atoms with Gasteiger partial charge >= 0.3 is 11.9 Å². The summed E-state index contributed by atoms with van der Waals surface area (Å²) in [6.07, 6.45) is 3.52. The standard InChI is InChI=1S/C35H40N4O4/c1-9-23-20(4)28-14-26-18(2)19(3)27(36-26)15-29-21(5)24(10-12-34(40)42-7)32(38-29)17-33-25(11-13-35(41)43-8)22(6)30(39-33)16-31(23)37-28/h9,14-17,20,23,38-39H,1,10-13H2,2-8H3. The molecular weight excluding hydrogens is 540 g/mol. The lowest BCUT2D eigenvalue weighted by atomic mass is 9.91. The molecule has 224 valence electrons. The number of esters is 2. The van der Waals surface area contributed by atoms with Gasteiger partial charge in [0.2, 0.25) is 0 Å². The zero-order valence-corrected chi connectivity index (χ0v) is 26.1. The van der Waals surface area contributed by atoms with Gasteiger partial charge in [-0.15, -0.1) is 6.58 Å². The van der Waals surface area contributed by atoms with Gasteiger partial charge in [-0.3, -0.25) is 14.6 Å². The number of carbonyl (C=O) groups is 2. The molecule has 2 aliphatic heterocycles. The van der Waals surface area contributed by atoms with Crippen LogP contribution < -0.4 is 0 Å². The number of aromatic amines is 2. The molecule has 43 heavy (non-hydrogen) atoms. The van der Waals surface area contributed by atoms with Gasteiger partial charge in [-0.2, -0.15) is 0 Å². The summed E-state index contributed by atoms with van der Waals surface area (Å²) in [6.45, 7) is 14.6. The van der Waals surface area contributed by atoms with Crippen LogP contribution in [0.4, 0.5) is 0 Å². The van der Waals surface area contributed by atoms with E-state index in [1.807, 2.05) is 6.08 Å². The van der Waals surface area contributed by atoms with Crippen molar-refractivity contribution in [1.29, 1.82) is 0 Å². The minimum atomic E-state index is -0.260. The second-order valence-electron chi connectivity index (χ2n) is 11.5. The second kappa shape index (κ2) is 12.0. The molecule has 0 fully saturated rings. The van der Waals surface area contributed by atoms with Crippen LogP contribution in [0.3, 0.4) is 0 Å². The van der Waals surface area contributed by atoms with Crippen LogP contribution in [0.2, 0.25) is 0 Å². The van der Waals surface area contributed by atoms with Gasteiger partial charge in [0, 0.05) is 52.4 Å². The molecule has 2 aliphatic rings. The fourth-order valence-electron chi connectivity index (χ4n) is 6.11. The first-order valence-electron chi connectivity index (χ1n) is 14.7. The van der Waals surface area contributed by atoms with Gasteiger partial charge in [0.15, 0.2) is 0 Å². The third kappa shape index (κ3) is 5.66. The van der Waals surface area contributed by atoms with Crippen molar-refractivity contribution in [2.45, 2.75) is 72.1 Å². The van der Waals surface area contributed by atoms with E-state index < -0.39 is 0 Å². The molecule has 2 atom stereocenters. The Bertz CT molecular complexity index is 1820. The summed E-state index contributed by atoms with van der Waals surface area (Å²) in [6, 6.07) is 8.37. The van der Waals surface area contributed by atoms with E-state index in [0.29, 0.717) is 12.8 Å². The molecule has 5 heterocycles. The van der Waals surface area contributed by atoms with Crippen molar-refractivity contribution in [3.05, 3.63) is 81.9 Å². The normalized spacial score (nSPS) is 16.3. The third-order valence-electron chi connectivity index (χ3n) is 9.09. The molecule has 3 aromatic rings. The smallest absolute Gasteiger partial charge is 0.305 e. The van der Waals surface area contributed by atoms with Gasteiger partial charge in [0.25, 0.3) is 0 Å². The zero-order chi connectivity index (χ0) is 31.0. The molecule has 0 radical (unpaired) electrons. The van der Waals surface area contributed by atoms with E-state index in [1.54, 1.807) is 0 Å². The molecule has 8 heteroatoms. The number of hydrogen-bond donors (Lipinski definition) is 2. The molecule has 8 bridgehead atoms. The lowest BCUT2D eigenvalue weighted by Crippen LogP contribution is -2.02. The van der Waals surface area contributed by atoms with Crippen molar-refractivity contribution in [1.82, 2.24) is 19.9 Å². The average Bonchev–Trinajstić information content (AvgIpc) is 3.64. The molecule has 2 N–H and O–H groups in total. The Labute approximate surface area is 252 Å². The highest BCUT2D eigenvalue weighted by atomic mass is 16.5. The summed E-state index contributed by atoms with van der Waals surface area (Å²) < 4.78 is 9.90. The van der Waals surface area contributed by atoms with Crippen LogP contribution in [-0.2, 0) is 31.9 Å². The first-order chi connectivity index (χ1) is 20.6. The van der Waals surface area contributed by atoms with Gasteiger partial charge in [0.1, 0.15) is 0 Å². The minimum absolute atomic E-state index is 0.0519. The highest BCUT2D eigenvalue weighted by molar-refractivity contribution is 5.91. The number of aryl methyl sites for hydroxylation is 4. The maximum absolute atomic E-state index is 12.2. The monoisotopic (exact) mass is 580 g/mol. The molecule has 0 saturated heterocycles. The maximum Gasteiger partial charge on any atom is 0.305 e. The Morgan fingerprint density at radius 2 is 1.28 bits per heavy atom. The molecule has 0 spiro atoms. The summed E-state index contributed by atoms with van der Waals surface area (Å²) in [7, 11) is 2.82. The first-order valence-corrected chi connectivity index (χ1v) is 14.7. The molecule has 0 saturated carbocycles. The number of rotatable bonds is 7. The Balaban J connectivity index is 1.89. The number of hydrogen-bond acceptors (Lipinski definition) is 6. The summed E-state index contributed by atoms with van der Waals surface area (Å²) >= 11 is 0. The van der Waals surface area contributed by atoms with E-state index >= 15 is 0 Å². The highest BCUT2D eigenvalue weighted by Gasteiger charge is 2.27. The van der Waals surface area contributed by atoms with Crippen molar-refractivity contribution < 1.29 is 19.1 Å². The van der Waals surface area contributed by atoms with Crippen LogP contribution in [0, 0.1) is 13.8 Å². The molecule has 3 aromatic heterocycles. The molecule has 0 amide bonds. The minimum Gasteiger partial charge on any atom is -0.469 e. The van der Waals surface area contributed by atoms with E-state index in [4.69, 9.17) is 19.4 Å². The summed E-state index contributed by atoms with van der Waals surface area (Å²) in [4.78, 5) is 41.6. The van der Waals surface area contributed by atoms with E-state index in [9.17, 15) is 9.59 Å². The number of ether oxygens (including phenoxy) is 2. The number of nitrogens with one attached hydrogen (secondary N) is 2. The Morgan fingerprint density at radius 1 is 0.767 bits per heavy atom. The predicted molar refractivity (Wildman–Crippen MR) is 171 cm³/mol. The molecule has 2 unspecified atom stereocenters. The Kier molecular flexibility index (Phi) is 8.40. The third-order valence-corrected chi connectivity index (χ3v) is 9.09. The fourth-order valence-corrected chi connectivity index (χ4v) is 6.11. The maximum atomic E-state index is 12.2. The quantitative estimate of drug-likeness (QED) is 0.227. The number of aromatic nitrogens is 4. The topological polar surface area (TPSA) is 110 Å². The Hall–Kier alpha value is -4.46. The van der Waals surface area contributed by atoms with Gasteiger partial charge < -0.3 is 19.4 Å². The Morgan fingerprint density at radius 3 is 1.79 bits per heavy atom. The summed E-state index contributed by atoms with van der Waals surface area (Å²) in [5, 5.41) is 0. The number of allylic oxidation sites excluding steroid dienone is 3. The molecule has 0 aromatic carbocycles. The predicted octanol–water partition coefficient (Wildman–Crippen LogP) is 7.17. The fraction of sp³-hybridized carbons (Fsp3) is 0.371. The molecule has 5 rings (SSSR count). The number of H-pyrrole nitrogens is 2. The molecule has 8 nitrogen and oxygen atoms in total. The number of methoxy groups -OCH3 is 2. The van der Waals surface area contributed by atoms with Crippen molar-refractivity contribution in [3.63, 3.8) is 0 Å². The number of nitrogens with zero attached hydrogens (tertiary/aromatic N) is 2. The van der Waals surface area contributed by atoms with Crippen molar-refractivity contribution in [2.75, 3.05) is 14.2 Å².